The van der Waals surface area contributed by atoms with E-state index < -0.39 is 5.97 Å². The van der Waals surface area contributed by atoms with Gasteiger partial charge in [0, 0.05) is 13.6 Å². The van der Waals surface area contributed by atoms with Gasteiger partial charge < -0.3 is 15.0 Å². The third-order valence-corrected chi connectivity index (χ3v) is 4.26. The van der Waals surface area contributed by atoms with Gasteiger partial charge in [-0.05, 0) is 25.0 Å². The van der Waals surface area contributed by atoms with E-state index in [4.69, 9.17) is 4.74 Å². The molecule has 0 heterocycles. The molecule has 0 saturated heterocycles. The van der Waals surface area contributed by atoms with Crippen molar-refractivity contribution in [3.8, 4) is 0 Å². The average Bonchev–Trinajstić information content (AvgIpc) is 3.39. The van der Waals surface area contributed by atoms with Gasteiger partial charge in [0.15, 0.2) is 0 Å². The number of carbonyl (C=O) groups excluding carboxylic acids is 3. The second-order valence-corrected chi connectivity index (χ2v) is 6.09. The maximum absolute atomic E-state index is 12.4. The molecule has 0 bridgehead atoms. The number of ether oxygens (including phenoxy) is 1. The van der Waals surface area contributed by atoms with Gasteiger partial charge in [0.25, 0.3) is 0 Å². The molecule has 1 aliphatic carbocycles. The van der Waals surface area contributed by atoms with Crippen LogP contribution < -0.4 is 5.32 Å². The number of carbonyl (C=O) groups is 3. The smallest absolute Gasteiger partial charge is 0.339 e. The first-order chi connectivity index (χ1) is 11.5. The fraction of sp³-hybridized carbons (Fsp3) is 0.500. The van der Waals surface area contributed by atoms with Crippen molar-refractivity contribution in [2.75, 3.05) is 26.0 Å². The standard InChI is InChI=1S/C18H24N2O4/c1-4-5-10-20(2)17(22)14-11-13(14)16(21)19-15-9-7-6-8-12(15)18(23)24-3/h6-9,13-14H,4-5,10-11H2,1-3H3,(H,19,21). The normalized spacial score (nSPS) is 18.6. The number of nitrogens with one attached hydrogen (secondary N) is 1. The van der Waals surface area contributed by atoms with Crippen LogP contribution in [0.3, 0.4) is 0 Å². The molecule has 1 fully saturated rings. The summed E-state index contributed by atoms with van der Waals surface area (Å²) in [5.41, 5.74) is 0.712. The fourth-order valence-electron chi connectivity index (χ4n) is 2.65. The minimum atomic E-state index is -0.506. The molecule has 130 valence electrons. The molecule has 0 spiro atoms. The van der Waals surface area contributed by atoms with Gasteiger partial charge in [-0.1, -0.05) is 25.5 Å². The van der Waals surface area contributed by atoms with Gasteiger partial charge in [0.1, 0.15) is 0 Å². The molecule has 1 aromatic carbocycles. The number of amides is 2. The molecule has 6 nitrogen and oxygen atoms in total. The van der Waals surface area contributed by atoms with Gasteiger partial charge in [-0.15, -0.1) is 0 Å². The predicted octanol–water partition coefficient (Wildman–Crippen LogP) is 2.31. The van der Waals surface area contributed by atoms with Crippen molar-refractivity contribution in [1.82, 2.24) is 4.90 Å². The van der Waals surface area contributed by atoms with Crippen LogP contribution >= 0.6 is 0 Å². The lowest BCUT2D eigenvalue weighted by atomic mass is 10.1. The lowest BCUT2D eigenvalue weighted by molar-refractivity contribution is -0.132. The fourth-order valence-corrected chi connectivity index (χ4v) is 2.65. The van der Waals surface area contributed by atoms with Gasteiger partial charge in [0.05, 0.1) is 30.2 Å². The lowest BCUT2D eigenvalue weighted by Gasteiger charge is -2.16. The van der Waals surface area contributed by atoms with Gasteiger partial charge in [-0.3, -0.25) is 9.59 Å². The number of benzene rings is 1. The first-order valence-corrected chi connectivity index (χ1v) is 8.22. The summed E-state index contributed by atoms with van der Waals surface area (Å²) in [5, 5.41) is 2.74. The predicted molar refractivity (Wildman–Crippen MR) is 90.6 cm³/mol. The molecule has 2 rings (SSSR count). The Hall–Kier alpha value is -2.37. The van der Waals surface area contributed by atoms with Gasteiger partial charge >= 0.3 is 5.97 Å². The van der Waals surface area contributed by atoms with E-state index in [1.54, 1.807) is 36.2 Å². The Labute approximate surface area is 142 Å². The van der Waals surface area contributed by atoms with Crippen molar-refractivity contribution in [3.63, 3.8) is 0 Å². The number of methoxy groups -OCH3 is 1. The number of hydrogen-bond donors (Lipinski definition) is 1. The Bertz CT molecular complexity index is 629. The number of unbranched alkanes of at least 4 members (excludes halogenated alkanes) is 1. The highest BCUT2D eigenvalue weighted by Gasteiger charge is 2.49. The van der Waals surface area contributed by atoms with E-state index in [1.807, 2.05) is 0 Å². The molecule has 6 heteroatoms. The molecule has 24 heavy (non-hydrogen) atoms. The topological polar surface area (TPSA) is 75.7 Å². The number of rotatable bonds is 7. The zero-order valence-electron chi connectivity index (χ0n) is 14.4. The maximum atomic E-state index is 12.4. The summed E-state index contributed by atoms with van der Waals surface area (Å²) in [6, 6.07) is 6.68. The first-order valence-electron chi connectivity index (χ1n) is 8.22. The van der Waals surface area contributed by atoms with Crippen LogP contribution in [0.1, 0.15) is 36.5 Å². The number of esters is 1. The zero-order chi connectivity index (χ0) is 17.7. The first kappa shape index (κ1) is 18.0. The van der Waals surface area contributed by atoms with E-state index in [-0.39, 0.29) is 23.7 Å². The Morgan fingerprint density at radius 1 is 1.25 bits per heavy atom. The van der Waals surface area contributed by atoms with Gasteiger partial charge in [-0.25, -0.2) is 4.79 Å². The van der Waals surface area contributed by atoms with Crippen molar-refractivity contribution in [2.45, 2.75) is 26.2 Å². The third kappa shape index (κ3) is 4.13. The zero-order valence-corrected chi connectivity index (χ0v) is 14.4. The van der Waals surface area contributed by atoms with Crippen LogP contribution in [0, 0.1) is 11.8 Å². The highest BCUT2D eigenvalue weighted by molar-refractivity contribution is 6.04. The van der Waals surface area contributed by atoms with Gasteiger partial charge in [-0.2, -0.15) is 0 Å². The summed E-state index contributed by atoms with van der Waals surface area (Å²) in [7, 11) is 3.07. The van der Waals surface area contributed by atoms with E-state index in [2.05, 4.69) is 12.2 Å². The molecule has 1 saturated carbocycles. The monoisotopic (exact) mass is 332 g/mol. The maximum Gasteiger partial charge on any atom is 0.339 e. The van der Waals surface area contributed by atoms with Crippen molar-refractivity contribution in [3.05, 3.63) is 29.8 Å². The average molecular weight is 332 g/mol. The number of hydrogen-bond acceptors (Lipinski definition) is 4. The number of anilines is 1. The molecule has 1 aliphatic rings. The van der Waals surface area contributed by atoms with Crippen LogP contribution in [0.25, 0.3) is 0 Å². The van der Waals surface area contributed by atoms with Crippen LogP contribution in [0.5, 0.6) is 0 Å². The molecule has 2 unspecified atom stereocenters. The molecule has 0 aliphatic heterocycles. The van der Waals surface area contributed by atoms with Crippen LogP contribution in [0.15, 0.2) is 24.3 Å². The SMILES string of the molecule is CCCCN(C)C(=O)C1CC1C(=O)Nc1ccccc1C(=O)OC. The molecule has 0 aromatic heterocycles. The van der Waals surface area contributed by atoms with Crippen molar-refractivity contribution < 1.29 is 19.1 Å². The molecule has 0 radical (unpaired) electrons. The van der Waals surface area contributed by atoms with Crippen LogP contribution in [0.4, 0.5) is 5.69 Å². The van der Waals surface area contributed by atoms with Crippen molar-refractivity contribution in [1.29, 1.82) is 0 Å². The number of nitrogens with zero attached hydrogens (tertiary/aromatic N) is 1. The molecule has 2 amide bonds. The largest absolute Gasteiger partial charge is 0.465 e. The second-order valence-electron chi connectivity index (χ2n) is 6.09. The summed E-state index contributed by atoms with van der Waals surface area (Å²) < 4.78 is 4.71. The molecular formula is C18H24N2O4. The summed E-state index contributed by atoms with van der Waals surface area (Å²) in [6.07, 6.45) is 2.54. The lowest BCUT2D eigenvalue weighted by Crippen LogP contribution is -2.30. The van der Waals surface area contributed by atoms with Gasteiger partial charge in [0.2, 0.25) is 11.8 Å². The van der Waals surface area contributed by atoms with Crippen LogP contribution in [-0.4, -0.2) is 43.4 Å². The van der Waals surface area contributed by atoms with E-state index in [0.29, 0.717) is 24.2 Å². The molecule has 1 aromatic rings. The Balaban J connectivity index is 1.96. The highest BCUT2D eigenvalue weighted by atomic mass is 16.5. The van der Waals surface area contributed by atoms with E-state index >= 15 is 0 Å². The van der Waals surface area contributed by atoms with E-state index in [1.165, 1.54) is 7.11 Å². The van der Waals surface area contributed by atoms with Crippen LogP contribution in [-0.2, 0) is 14.3 Å². The summed E-state index contributed by atoms with van der Waals surface area (Å²) in [5.74, 6) is -1.29. The summed E-state index contributed by atoms with van der Waals surface area (Å²) >= 11 is 0. The quantitative estimate of drug-likeness (QED) is 0.778. The molecule has 1 N–H and O–H groups in total. The van der Waals surface area contributed by atoms with Crippen molar-refractivity contribution >= 4 is 23.5 Å². The summed E-state index contributed by atoms with van der Waals surface area (Å²) in [6.45, 7) is 2.79. The minimum Gasteiger partial charge on any atom is -0.465 e. The Morgan fingerprint density at radius 3 is 2.62 bits per heavy atom. The Morgan fingerprint density at radius 2 is 1.96 bits per heavy atom. The molecular weight excluding hydrogens is 308 g/mol. The minimum absolute atomic E-state index is 0.0184. The van der Waals surface area contributed by atoms with Crippen LogP contribution in [0.2, 0.25) is 0 Å². The van der Waals surface area contributed by atoms with Crippen molar-refractivity contribution in [2.24, 2.45) is 11.8 Å². The van der Waals surface area contributed by atoms with E-state index in [0.717, 1.165) is 12.8 Å². The highest BCUT2D eigenvalue weighted by Crippen LogP contribution is 2.40. The molecule has 2 atom stereocenters. The number of para-hydroxylation sites is 1. The van der Waals surface area contributed by atoms with E-state index in [9.17, 15) is 14.4 Å². The second kappa shape index (κ2) is 7.95. The summed E-state index contributed by atoms with van der Waals surface area (Å²) in [4.78, 5) is 38.1. The third-order valence-electron chi connectivity index (χ3n) is 4.26. The Kier molecular flexibility index (Phi) is 5.95.